The van der Waals surface area contributed by atoms with E-state index in [0.717, 1.165) is 36.7 Å². The van der Waals surface area contributed by atoms with Gasteiger partial charge in [-0.25, -0.2) is 0 Å². The van der Waals surface area contributed by atoms with E-state index in [1.54, 1.807) is 0 Å². The molecule has 0 aromatic rings. The van der Waals surface area contributed by atoms with Crippen LogP contribution in [0, 0.1) is 29.6 Å². The molecule has 3 fully saturated rings. The van der Waals surface area contributed by atoms with E-state index in [4.69, 9.17) is 4.74 Å². The highest BCUT2D eigenvalue weighted by Crippen LogP contribution is 2.56. The maximum absolute atomic E-state index is 12.5. The molecule has 0 aromatic carbocycles. The van der Waals surface area contributed by atoms with Gasteiger partial charge in [-0.2, -0.15) is 0 Å². The molecule has 7 unspecified atom stereocenters. The largest absolute Gasteiger partial charge is 0.368 e. The summed E-state index contributed by atoms with van der Waals surface area (Å²) in [4.78, 5) is 14.6. The van der Waals surface area contributed by atoms with E-state index in [1.807, 2.05) is 18.9 Å². The van der Waals surface area contributed by atoms with Crippen LogP contribution in [0.2, 0.25) is 0 Å². The molecule has 0 radical (unpaired) electrons. The minimum atomic E-state index is -0.282. The molecule has 0 N–H and O–H groups in total. The molecular formula is C19H29NO2. The first-order valence-corrected chi connectivity index (χ1v) is 9.08. The van der Waals surface area contributed by atoms with Gasteiger partial charge in [0.2, 0.25) is 0 Å². The average molecular weight is 303 g/mol. The third kappa shape index (κ3) is 1.94. The van der Waals surface area contributed by atoms with Gasteiger partial charge in [0.05, 0.1) is 6.61 Å². The molecule has 1 saturated heterocycles. The number of nitrogens with zero attached hydrogens (tertiary/aromatic N) is 1. The molecule has 1 heterocycles. The van der Waals surface area contributed by atoms with Crippen LogP contribution in [0.5, 0.6) is 0 Å². The van der Waals surface area contributed by atoms with Gasteiger partial charge in [0, 0.05) is 18.5 Å². The molecule has 0 spiro atoms. The highest BCUT2D eigenvalue weighted by atomic mass is 16.5. The zero-order valence-electron chi connectivity index (χ0n) is 14.1. The van der Waals surface area contributed by atoms with Crippen LogP contribution in [-0.4, -0.2) is 36.1 Å². The zero-order chi connectivity index (χ0) is 15.5. The van der Waals surface area contributed by atoms with Crippen LogP contribution in [0.4, 0.5) is 0 Å². The molecule has 4 aliphatic rings. The Kier molecular flexibility index (Phi) is 3.41. The van der Waals surface area contributed by atoms with Gasteiger partial charge in [-0.15, -0.1) is 0 Å². The topological polar surface area (TPSA) is 29.5 Å². The Balaban J connectivity index is 1.65. The van der Waals surface area contributed by atoms with Gasteiger partial charge in [0.15, 0.2) is 0 Å². The quantitative estimate of drug-likeness (QED) is 0.643. The average Bonchev–Trinajstić information content (AvgIpc) is 2.97. The Morgan fingerprint density at radius 2 is 2.05 bits per heavy atom. The molecule has 7 atom stereocenters. The molecule has 1 aliphatic heterocycles. The normalized spacial score (nSPS) is 51.0. The summed E-state index contributed by atoms with van der Waals surface area (Å²) >= 11 is 0. The van der Waals surface area contributed by atoms with E-state index in [9.17, 15) is 4.79 Å². The molecule has 3 heteroatoms. The van der Waals surface area contributed by atoms with E-state index in [-0.39, 0.29) is 17.6 Å². The van der Waals surface area contributed by atoms with Gasteiger partial charge < -0.3 is 9.64 Å². The summed E-state index contributed by atoms with van der Waals surface area (Å²) in [7, 11) is 2.00. The number of hydrogen-bond donors (Lipinski definition) is 0. The third-order valence-corrected chi connectivity index (χ3v) is 7.54. The number of ether oxygens (including phenoxy) is 1. The summed E-state index contributed by atoms with van der Waals surface area (Å²) in [6.07, 6.45) is 10.9. The van der Waals surface area contributed by atoms with Crippen molar-refractivity contribution in [2.45, 2.75) is 57.6 Å². The molecular weight excluding hydrogens is 274 g/mol. The Bertz CT molecular complexity index is 502. The summed E-state index contributed by atoms with van der Waals surface area (Å²) in [6, 6.07) is 0. The van der Waals surface area contributed by atoms with Crippen molar-refractivity contribution in [1.29, 1.82) is 0 Å². The maximum atomic E-state index is 12.5. The van der Waals surface area contributed by atoms with Crippen LogP contribution in [0.25, 0.3) is 0 Å². The van der Waals surface area contributed by atoms with Gasteiger partial charge in [-0.3, -0.25) is 4.79 Å². The first-order valence-electron chi connectivity index (χ1n) is 9.08. The highest BCUT2D eigenvalue weighted by molar-refractivity contribution is 5.81. The standard InChI is InChI=1S/C19H29NO2/c1-12-18(21)20(3)19(2)10-9-15-14-6-4-5-13(14)7-8-16(15)17(19)11-22-12/h4-5,12-17H,6-11H2,1-3H3. The van der Waals surface area contributed by atoms with Crippen LogP contribution in [0.15, 0.2) is 12.2 Å². The van der Waals surface area contributed by atoms with E-state index in [0.29, 0.717) is 5.92 Å². The fourth-order valence-corrected chi connectivity index (χ4v) is 6.04. The molecule has 0 aromatic heterocycles. The van der Waals surface area contributed by atoms with Crippen molar-refractivity contribution in [3.05, 3.63) is 12.2 Å². The van der Waals surface area contributed by atoms with Crippen molar-refractivity contribution >= 4 is 5.91 Å². The summed E-state index contributed by atoms with van der Waals surface area (Å²) in [6.45, 7) is 4.99. The molecule has 1 amide bonds. The number of hydrogen-bond acceptors (Lipinski definition) is 2. The molecule has 0 bridgehead atoms. The SMILES string of the molecule is CC1OCC2C3CCC4C=CCC4C3CCC2(C)N(C)C1=O. The first-order chi connectivity index (χ1) is 10.5. The van der Waals surface area contributed by atoms with Crippen LogP contribution in [0.1, 0.15) is 46.0 Å². The minimum absolute atomic E-state index is 0.0120. The lowest BCUT2D eigenvalue weighted by atomic mass is 9.54. The number of carbonyl (C=O) groups excluding carboxylic acids is 1. The van der Waals surface area contributed by atoms with Crippen molar-refractivity contribution in [3.63, 3.8) is 0 Å². The van der Waals surface area contributed by atoms with Gasteiger partial charge in [0.1, 0.15) is 6.10 Å². The Morgan fingerprint density at radius 1 is 1.23 bits per heavy atom. The maximum Gasteiger partial charge on any atom is 0.251 e. The van der Waals surface area contributed by atoms with Gasteiger partial charge in [0.25, 0.3) is 5.91 Å². The van der Waals surface area contributed by atoms with Crippen LogP contribution >= 0.6 is 0 Å². The molecule has 2 saturated carbocycles. The summed E-state index contributed by atoms with van der Waals surface area (Å²) < 4.78 is 5.97. The van der Waals surface area contributed by atoms with Gasteiger partial charge in [-0.1, -0.05) is 12.2 Å². The van der Waals surface area contributed by atoms with Gasteiger partial charge in [-0.05, 0) is 69.6 Å². The fourth-order valence-electron chi connectivity index (χ4n) is 6.04. The first kappa shape index (κ1) is 14.7. The summed E-state index contributed by atoms with van der Waals surface area (Å²) in [5, 5.41) is 0. The molecule has 3 nitrogen and oxygen atoms in total. The van der Waals surface area contributed by atoms with Crippen molar-refractivity contribution in [1.82, 2.24) is 4.90 Å². The summed E-state index contributed by atoms with van der Waals surface area (Å²) in [5.41, 5.74) is -0.0120. The van der Waals surface area contributed by atoms with E-state index in [1.165, 1.54) is 25.7 Å². The molecule has 3 aliphatic carbocycles. The Morgan fingerprint density at radius 3 is 2.86 bits per heavy atom. The van der Waals surface area contributed by atoms with Crippen LogP contribution in [-0.2, 0) is 9.53 Å². The van der Waals surface area contributed by atoms with Crippen LogP contribution < -0.4 is 0 Å². The van der Waals surface area contributed by atoms with Gasteiger partial charge >= 0.3 is 0 Å². The second-order valence-corrected chi connectivity index (χ2v) is 8.27. The van der Waals surface area contributed by atoms with E-state index < -0.39 is 0 Å². The third-order valence-electron chi connectivity index (χ3n) is 7.54. The fraction of sp³-hybridized carbons (Fsp3) is 0.842. The predicted octanol–water partition coefficient (Wildman–Crippen LogP) is 3.25. The molecule has 122 valence electrons. The number of allylic oxidation sites excluding steroid dienone is 2. The van der Waals surface area contributed by atoms with Crippen molar-refractivity contribution in [2.24, 2.45) is 29.6 Å². The van der Waals surface area contributed by atoms with Crippen molar-refractivity contribution < 1.29 is 9.53 Å². The number of rotatable bonds is 0. The minimum Gasteiger partial charge on any atom is -0.368 e. The monoisotopic (exact) mass is 303 g/mol. The Labute approximate surface area is 134 Å². The predicted molar refractivity (Wildman–Crippen MR) is 86.3 cm³/mol. The van der Waals surface area contributed by atoms with E-state index >= 15 is 0 Å². The molecule has 4 rings (SSSR count). The lowest BCUT2D eigenvalue weighted by Crippen LogP contribution is -2.59. The zero-order valence-corrected chi connectivity index (χ0v) is 14.1. The summed E-state index contributed by atoms with van der Waals surface area (Å²) in [5.74, 6) is 3.94. The molecule has 22 heavy (non-hydrogen) atoms. The second kappa shape index (κ2) is 5.09. The van der Waals surface area contributed by atoms with Crippen molar-refractivity contribution in [3.8, 4) is 0 Å². The van der Waals surface area contributed by atoms with Crippen LogP contribution in [0.3, 0.4) is 0 Å². The Hall–Kier alpha value is -0.830. The number of amides is 1. The van der Waals surface area contributed by atoms with Crippen molar-refractivity contribution in [2.75, 3.05) is 13.7 Å². The lowest BCUT2D eigenvalue weighted by molar-refractivity contribution is -0.144. The lowest BCUT2D eigenvalue weighted by Gasteiger charge is -2.56. The van der Waals surface area contributed by atoms with E-state index in [2.05, 4.69) is 19.1 Å². The highest BCUT2D eigenvalue weighted by Gasteiger charge is 2.55. The number of likely N-dealkylation sites (N-methyl/N-ethyl adjacent to an activating group) is 1. The number of fused-ring (bicyclic) bond motifs is 5. The second-order valence-electron chi connectivity index (χ2n) is 8.27. The number of carbonyl (C=O) groups is 1. The smallest absolute Gasteiger partial charge is 0.251 e.